The van der Waals surface area contributed by atoms with Crippen LogP contribution in [0.5, 0.6) is 5.75 Å². The van der Waals surface area contributed by atoms with E-state index >= 15 is 0 Å². The van der Waals surface area contributed by atoms with Crippen LogP contribution < -0.4 is 5.32 Å². The second kappa shape index (κ2) is 8.70. The van der Waals surface area contributed by atoms with Gasteiger partial charge in [-0.25, -0.2) is 18.7 Å². The lowest BCUT2D eigenvalue weighted by Crippen LogP contribution is -2.49. The highest BCUT2D eigenvalue weighted by atomic mass is 19.4. The zero-order valence-electron chi connectivity index (χ0n) is 19.0. The Morgan fingerprint density at radius 2 is 1.70 bits per heavy atom. The molecule has 0 unspecified atom stereocenters. The molecule has 1 amide bonds. The van der Waals surface area contributed by atoms with Crippen molar-refractivity contribution in [2.24, 2.45) is 5.41 Å². The molecule has 0 spiro atoms. The number of halogens is 6. The maximum absolute atomic E-state index is 14.0. The molecule has 1 aromatic carbocycles. The van der Waals surface area contributed by atoms with E-state index in [0.29, 0.717) is 56.7 Å². The van der Waals surface area contributed by atoms with Crippen molar-refractivity contribution in [1.29, 1.82) is 0 Å². The van der Waals surface area contributed by atoms with Crippen LogP contribution in [0, 0.1) is 22.9 Å². The average molecular weight is 527 g/mol. The van der Waals surface area contributed by atoms with E-state index in [1.165, 1.54) is 0 Å². The number of hydrogen-bond acceptors (Lipinski definition) is 7. The van der Waals surface area contributed by atoms with E-state index in [-0.39, 0.29) is 23.5 Å². The van der Waals surface area contributed by atoms with Gasteiger partial charge in [0.1, 0.15) is 5.69 Å². The molecule has 14 heteroatoms. The van der Waals surface area contributed by atoms with E-state index in [9.17, 15) is 31.1 Å². The minimum atomic E-state index is -4.62. The summed E-state index contributed by atoms with van der Waals surface area (Å²) in [6.07, 6.45) is 0.719. The molecule has 2 bridgehead atoms. The van der Waals surface area contributed by atoms with Crippen molar-refractivity contribution in [3.63, 3.8) is 0 Å². The van der Waals surface area contributed by atoms with Crippen LogP contribution in [0.1, 0.15) is 60.5 Å². The number of amides is 1. The molecule has 2 heterocycles. The monoisotopic (exact) mass is 527 g/mol. The standard InChI is InChI=1S/C23H19F6N5O3/c24-12-7-11(15(25)16(26)17(12)35)19(36)32-10-21-1-4-22(5-2-21,6-3-21)20-33-18(34-37-20)13-8-31-14(9-30-13)23(27,28)29/h7-9,35H,1-6,10H2,(H,32,36). The van der Waals surface area contributed by atoms with Crippen LogP contribution in [-0.4, -0.2) is 37.7 Å². The molecule has 0 atom stereocenters. The van der Waals surface area contributed by atoms with Gasteiger partial charge >= 0.3 is 6.18 Å². The summed E-state index contributed by atoms with van der Waals surface area (Å²) >= 11 is 0. The van der Waals surface area contributed by atoms with E-state index in [1.807, 2.05) is 0 Å². The molecule has 8 nitrogen and oxygen atoms in total. The van der Waals surface area contributed by atoms with E-state index < -0.39 is 52.0 Å². The summed E-state index contributed by atoms with van der Waals surface area (Å²) in [5, 5.41) is 15.6. The lowest BCUT2D eigenvalue weighted by Gasteiger charge is -2.51. The van der Waals surface area contributed by atoms with Gasteiger partial charge in [-0.15, -0.1) is 0 Å². The Labute approximate surface area is 205 Å². The van der Waals surface area contributed by atoms with Gasteiger partial charge in [0.15, 0.2) is 23.1 Å². The highest BCUT2D eigenvalue weighted by Gasteiger charge is 2.52. The highest BCUT2D eigenvalue weighted by molar-refractivity contribution is 5.94. The number of hydrogen-bond donors (Lipinski definition) is 2. The minimum absolute atomic E-state index is 0.0238. The number of nitrogens with zero attached hydrogens (tertiary/aromatic N) is 4. The van der Waals surface area contributed by atoms with Crippen molar-refractivity contribution >= 4 is 5.91 Å². The van der Waals surface area contributed by atoms with Crippen molar-refractivity contribution in [1.82, 2.24) is 25.4 Å². The zero-order chi connectivity index (χ0) is 26.6. The number of phenolic OH excluding ortho intramolecular Hbond substituents is 1. The number of nitrogens with one attached hydrogen (secondary N) is 1. The Bertz CT molecular complexity index is 1330. The third-order valence-electron chi connectivity index (χ3n) is 7.46. The Morgan fingerprint density at radius 3 is 2.30 bits per heavy atom. The molecule has 37 heavy (non-hydrogen) atoms. The van der Waals surface area contributed by atoms with Gasteiger partial charge in [0.25, 0.3) is 5.91 Å². The molecule has 3 aliphatic carbocycles. The number of aromatic nitrogens is 4. The zero-order valence-corrected chi connectivity index (χ0v) is 19.0. The van der Waals surface area contributed by atoms with Crippen molar-refractivity contribution in [3.8, 4) is 17.3 Å². The summed E-state index contributed by atoms with van der Waals surface area (Å²) in [4.78, 5) is 23.9. The van der Waals surface area contributed by atoms with Gasteiger partial charge in [0, 0.05) is 12.0 Å². The molecule has 0 saturated heterocycles. The Hall–Kier alpha value is -3.71. The van der Waals surface area contributed by atoms with Crippen LogP contribution in [0.2, 0.25) is 0 Å². The summed E-state index contributed by atoms with van der Waals surface area (Å²) in [6.45, 7) is 0.154. The lowest BCUT2D eigenvalue weighted by atomic mass is 9.53. The van der Waals surface area contributed by atoms with Crippen molar-refractivity contribution in [2.45, 2.75) is 50.1 Å². The molecule has 3 saturated carbocycles. The predicted molar refractivity (Wildman–Crippen MR) is 112 cm³/mol. The summed E-state index contributed by atoms with van der Waals surface area (Å²) in [6, 6.07) is 0.446. The molecular weight excluding hydrogens is 508 g/mol. The molecular formula is C23H19F6N5O3. The van der Waals surface area contributed by atoms with Gasteiger partial charge in [-0.2, -0.15) is 22.5 Å². The second-order valence-corrected chi connectivity index (χ2v) is 9.55. The first-order valence-corrected chi connectivity index (χ1v) is 11.3. The molecule has 3 aliphatic rings. The van der Waals surface area contributed by atoms with Crippen molar-refractivity contribution in [2.75, 3.05) is 6.54 Å². The van der Waals surface area contributed by atoms with Crippen LogP contribution in [0.25, 0.3) is 11.5 Å². The first-order chi connectivity index (χ1) is 17.4. The molecule has 3 fully saturated rings. The SMILES string of the molecule is O=C(NCC12CCC(c3nc(-c4cnc(C(F)(F)F)cn4)no3)(CC1)CC2)c1cc(F)c(O)c(F)c1F. The normalized spacial score (nSPS) is 23.3. The van der Waals surface area contributed by atoms with Crippen LogP contribution in [0.3, 0.4) is 0 Å². The molecule has 3 aromatic rings. The largest absolute Gasteiger partial charge is 0.503 e. The fraction of sp³-hybridized carbons (Fsp3) is 0.435. The van der Waals surface area contributed by atoms with E-state index in [4.69, 9.17) is 9.63 Å². The van der Waals surface area contributed by atoms with E-state index in [0.717, 1.165) is 6.20 Å². The first kappa shape index (κ1) is 25.0. The van der Waals surface area contributed by atoms with Gasteiger partial charge < -0.3 is 14.9 Å². The molecule has 2 N–H and O–H groups in total. The van der Waals surface area contributed by atoms with Gasteiger partial charge in [-0.1, -0.05) is 5.16 Å². The molecule has 0 aliphatic heterocycles. The third-order valence-corrected chi connectivity index (χ3v) is 7.46. The van der Waals surface area contributed by atoms with Gasteiger partial charge in [0.2, 0.25) is 17.5 Å². The van der Waals surface area contributed by atoms with Crippen LogP contribution in [0.4, 0.5) is 26.3 Å². The van der Waals surface area contributed by atoms with Crippen LogP contribution in [-0.2, 0) is 11.6 Å². The quantitative estimate of drug-likeness (QED) is 0.366. The molecule has 0 radical (unpaired) electrons. The highest BCUT2D eigenvalue weighted by Crippen LogP contribution is 2.57. The fourth-order valence-electron chi connectivity index (χ4n) is 5.10. The van der Waals surface area contributed by atoms with Crippen LogP contribution in [0.15, 0.2) is 23.0 Å². The van der Waals surface area contributed by atoms with Gasteiger partial charge in [-0.3, -0.25) is 4.79 Å². The third kappa shape index (κ3) is 4.37. The number of benzene rings is 1. The number of aromatic hydroxyl groups is 1. The Balaban J connectivity index is 1.24. The fourth-order valence-corrected chi connectivity index (χ4v) is 5.10. The number of alkyl halides is 3. The number of fused-ring (bicyclic) bond motifs is 3. The number of rotatable bonds is 5. The first-order valence-electron chi connectivity index (χ1n) is 11.3. The van der Waals surface area contributed by atoms with E-state index in [2.05, 4.69) is 25.4 Å². The van der Waals surface area contributed by atoms with Gasteiger partial charge in [0.05, 0.1) is 18.0 Å². The maximum atomic E-state index is 14.0. The summed E-state index contributed by atoms with van der Waals surface area (Å²) in [5.74, 6) is -7.02. The average Bonchev–Trinajstić information content (AvgIpc) is 3.40. The molecule has 196 valence electrons. The second-order valence-electron chi connectivity index (χ2n) is 9.55. The Morgan fingerprint density at radius 1 is 1.03 bits per heavy atom. The number of carbonyl (C=O) groups is 1. The van der Waals surface area contributed by atoms with Crippen LogP contribution >= 0.6 is 0 Å². The number of phenols is 1. The minimum Gasteiger partial charge on any atom is -0.503 e. The molecule has 6 rings (SSSR count). The smallest absolute Gasteiger partial charge is 0.434 e. The predicted octanol–water partition coefficient (Wildman–Crippen LogP) is 4.69. The van der Waals surface area contributed by atoms with Crippen molar-refractivity contribution in [3.05, 3.63) is 53.1 Å². The summed E-state index contributed by atoms with van der Waals surface area (Å²) in [7, 11) is 0. The maximum Gasteiger partial charge on any atom is 0.434 e. The topological polar surface area (TPSA) is 114 Å². The lowest BCUT2D eigenvalue weighted by molar-refractivity contribution is -0.141. The van der Waals surface area contributed by atoms with Gasteiger partial charge in [-0.05, 0) is 50.0 Å². The summed E-state index contributed by atoms with van der Waals surface area (Å²) < 4.78 is 84.9. The number of carbonyl (C=O) groups excluding carboxylic acids is 1. The summed E-state index contributed by atoms with van der Waals surface area (Å²) in [5.41, 5.74) is -2.69. The van der Waals surface area contributed by atoms with Crippen molar-refractivity contribution < 1.29 is 40.8 Å². The van der Waals surface area contributed by atoms with E-state index in [1.54, 1.807) is 0 Å². The molecule has 2 aromatic heterocycles. The Kier molecular flexibility index (Phi) is 5.87.